The van der Waals surface area contributed by atoms with Crippen LogP contribution in [0.15, 0.2) is 18.2 Å². The normalized spacial score (nSPS) is 17.8. The van der Waals surface area contributed by atoms with E-state index in [0.29, 0.717) is 5.69 Å². The van der Waals surface area contributed by atoms with Gasteiger partial charge in [0.2, 0.25) is 5.91 Å². The third kappa shape index (κ3) is 4.08. The monoisotopic (exact) mass is 333 g/mol. The fourth-order valence-corrected chi connectivity index (χ4v) is 3.63. The number of hydrogen-bond acceptors (Lipinski definition) is 3. The Morgan fingerprint density at radius 1 is 1.29 bits per heavy atom. The second-order valence-electron chi connectivity index (χ2n) is 6.96. The number of carboxylic acids is 1. The van der Waals surface area contributed by atoms with Crippen LogP contribution >= 0.6 is 0 Å². The lowest BCUT2D eigenvalue weighted by Crippen LogP contribution is -2.42. The van der Waals surface area contributed by atoms with Crippen molar-refractivity contribution in [3.63, 3.8) is 0 Å². The van der Waals surface area contributed by atoms with Crippen molar-refractivity contribution in [1.82, 2.24) is 0 Å². The summed E-state index contributed by atoms with van der Waals surface area (Å²) in [5.74, 6) is -0.290. The zero-order valence-corrected chi connectivity index (χ0v) is 14.7. The lowest BCUT2D eigenvalue weighted by atomic mass is 9.67. The molecule has 1 aromatic carbocycles. The third-order valence-corrected chi connectivity index (χ3v) is 5.23. The Hall–Kier alpha value is -2.04. The van der Waals surface area contributed by atoms with Crippen LogP contribution in [0.25, 0.3) is 0 Å². The average Bonchev–Trinajstić information content (AvgIpc) is 2.56. The highest BCUT2D eigenvalue weighted by atomic mass is 16.5. The van der Waals surface area contributed by atoms with Gasteiger partial charge >= 0.3 is 5.97 Å². The number of anilines is 1. The van der Waals surface area contributed by atoms with Crippen molar-refractivity contribution in [3.05, 3.63) is 23.8 Å². The summed E-state index contributed by atoms with van der Waals surface area (Å²) in [6.45, 7) is 3.69. The molecule has 1 unspecified atom stereocenters. The molecule has 1 atom stereocenters. The Labute approximate surface area is 143 Å². The minimum absolute atomic E-state index is 0.112. The number of ether oxygens (including phenoxy) is 1. The largest absolute Gasteiger partial charge is 0.497 e. The van der Waals surface area contributed by atoms with Crippen molar-refractivity contribution in [2.24, 2.45) is 11.3 Å². The van der Waals surface area contributed by atoms with Gasteiger partial charge in [0.25, 0.3) is 0 Å². The Morgan fingerprint density at radius 2 is 1.96 bits per heavy atom. The van der Waals surface area contributed by atoms with Crippen molar-refractivity contribution in [2.45, 2.75) is 52.4 Å². The van der Waals surface area contributed by atoms with Gasteiger partial charge in [-0.3, -0.25) is 9.59 Å². The fourth-order valence-electron chi connectivity index (χ4n) is 3.63. The first kappa shape index (κ1) is 18.3. The van der Waals surface area contributed by atoms with Crippen LogP contribution in [0.4, 0.5) is 5.69 Å². The molecule has 1 aliphatic carbocycles. The highest BCUT2D eigenvalue weighted by Crippen LogP contribution is 2.42. The molecule has 1 aromatic rings. The van der Waals surface area contributed by atoms with E-state index in [0.717, 1.165) is 37.0 Å². The molecule has 2 rings (SSSR count). The standard InChI is InChI=1S/C19H27NO4/c1-13-11-15(24-3)9-10-16(13)20-18(23)19(2,12-17(21)22)14-7-5-4-6-8-14/h9-11,14H,4-8,12H2,1-3H3,(H,20,23)(H,21,22). The first-order chi connectivity index (χ1) is 11.4. The molecule has 1 amide bonds. The minimum Gasteiger partial charge on any atom is -0.497 e. The SMILES string of the molecule is COc1ccc(NC(=O)C(C)(CC(=O)O)C2CCCCC2)c(C)c1. The van der Waals surface area contributed by atoms with Crippen LogP contribution in [-0.4, -0.2) is 24.1 Å². The van der Waals surface area contributed by atoms with Crippen molar-refractivity contribution < 1.29 is 19.4 Å². The summed E-state index contributed by atoms with van der Waals surface area (Å²) in [7, 11) is 1.60. The molecule has 0 spiro atoms. The zero-order valence-electron chi connectivity index (χ0n) is 14.7. The molecule has 24 heavy (non-hydrogen) atoms. The second kappa shape index (κ2) is 7.69. The van der Waals surface area contributed by atoms with Crippen molar-refractivity contribution in [1.29, 1.82) is 0 Å². The summed E-state index contributed by atoms with van der Waals surface area (Å²) in [4.78, 5) is 24.3. The van der Waals surface area contributed by atoms with Gasteiger partial charge in [-0.1, -0.05) is 19.3 Å². The van der Waals surface area contributed by atoms with E-state index in [1.54, 1.807) is 26.2 Å². The van der Waals surface area contributed by atoms with Gasteiger partial charge in [-0.05, 0) is 56.4 Å². The molecule has 5 nitrogen and oxygen atoms in total. The van der Waals surface area contributed by atoms with E-state index in [-0.39, 0.29) is 18.2 Å². The number of methoxy groups -OCH3 is 1. The van der Waals surface area contributed by atoms with Crippen molar-refractivity contribution in [3.8, 4) is 5.75 Å². The number of nitrogens with one attached hydrogen (secondary N) is 1. The maximum atomic E-state index is 13.0. The molecule has 0 bridgehead atoms. The first-order valence-corrected chi connectivity index (χ1v) is 8.54. The maximum Gasteiger partial charge on any atom is 0.304 e. The molecule has 0 heterocycles. The second-order valence-corrected chi connectivity index (χ2v) is 6.96. The lowest BCUT2D eigenvalue weighted by molar-refractivity contribution is -0.145. The van der Waals surface area contributed by atoms with Crippen molar-refractivity contribution >= 4 is 17.6 Å². The summed E-state index contributed by atoms with van der Waals surface area (Å²) in [5.41, 5.74) is 0.704. The van der Waals surface area contributed by atoms with Gasteiger partial charge in [-0.25, -0.2) is 0 Å². The number of rotatable bonds is 6. The predicted octanol–water partition coefficient (Wildman–Crippen LogP) is 4.00. The van der Waals surface area contributed by atoms with Gasteiger partial charge in [0.05, 0.1) is 18.9 Å². The number of hydrogen-bond donors (Lipinski definition) is 2. The van der Waals surface area contributed by atoms with E-state index < -0.39 is 11.4 Å². The summed E-state index contributed by atoms with van der Waals surface area (Å²) in [5, 5.41) is 12.3. The van der Waals surface area contributed by atoms with E-state index in [4.69, 9.17) is 4.74 Å². The topological polar surface area (TPSA) is 75.6 Å². The molecule has 1 saturated carbocycles. The van der Waals surface area contributed by atoms with Gasteiger partial charge in [0.1, 0.15) is 5.75 Å². The number of carbonyl (C=O) groups excluding carboxylic acids is 1. The molecule has 0 aromatic heterocycles. The zero-order chi connectivity index (χ0) is 17.7. The van der Waals surface area contributed by atoms with Crippen LogP contribution in [0.1, 0.15) is 51.0 Å². The van der Waals surface area contributed by atoms with Gasteiger partial charge < -0.3 is 15.2 Å². The van der Waals surface area contributed by atoms with Gasteiger partial charge in [0, 0.05) is 5.69 Å². The Morgan fingerprint density at radius 3 is 2.50 bits per heavy atom. The first-order valence-electron chi connectivity index (χ1n) is 8.54. The molecule has 5 heteroatoms. The smallest absolute Gasteiger partial charge is 0.304 e. The van der Waals surface area contributed by atoms with E-state index in [2.05, 4.69) is 5.32 Å². The van der Waals surface area contributed by atoms with Crippen LogP contribution in [0, 0.1) is 18.3 Å². The summed E-state index contributed by atoms with van der Waals surface area (Å²) >= 11 is 0. The van der Waals surface area contributed by atoms with E-state index >= 15 is 0 Å². The molecule has 0 radical (unpaired) electrons. The van der Waals surface area contributed by atoms with E-state index in [1.807, 2.05) is 13.0 Å². The minimum atomic E-state index is -0.926. The Kier molecular flexibility index (Phi) is 5.86. The van der Waals surface area contributed by atoms with Crippen LogP contribution in [-0.2, 0) is 9.59 Å². The third-order valence-electron chi connectivity index (χ3n) is 5.23. The van der Waals surface area contributed by atoms with Crippen LogP contribution in [0.2, 0.25) is 0 Å². The molecular formula is C19H27NO4. The van der Waals surface area contributed by atoms with Crippen LogP contribution in [0.5, 0.6) is 5.75 Å². The van der Waals surface area contributed by atoms with E-state index in [1.165, 1.54) is 6.42 Å². The summed E-state index contributed by atoms with van der Waals surface area (Å²) in [6, 6.07) is 5.44. The molecule has 132 valence electrons. The molecule has 2 N–H and O–H groups in total. The number of amides is 1. The molecule has 0 aliphatic heterocycles. The molecule has 0 saturated heterocycles. The number of aliphatic carboxylic acids is 1. The summed E-state index contributed by atoms with van der Waals surface area (Å²) in [6.07, 6.45) is 4.98. The lowest BCUT2D eigenvalue weighted by Gasteiger charge is -2.37. The van der Waals surface area contributed by atoms with Gasteiger partial charge in [-0.15, -0.1) is 0 Å². The van der Waals surface area contributed by atoms with Crippen LogP contribution < -0.4 is 10.1 Å². The number of carbonyl (C=O) groups is 2. The van der Waals surface area contributed by atoms with E-state index in [9.17, 15) is 14.7 Å². The number of benzene rings is 1. The molecule has 1 fully saturated rings. The average molecular weight is 333 g/mol. The van der Waals surface area contributed by atoms with Crippen molar-refractivity contribution in [2.75, 3.05) is 12.4 Å². The fraction of sp³-hybridized carbons (Fsp3) is 0.579. The predicted molar refractivity (Wildman–Crippen MR) is 93.3 cm³/mol. The molecule has 1 aliphatic rings. The quantitative estimate of drug-likeness (QED) is 0.825. The number of carboxylic acid groups (broad SMARTS) is 1. The van der Waals surface area contributed by atoms with Gasteiger partial charge in [-0.2, -0.15) is 0 Å². The Bertz CT molecular complexity index is 607. The highest BCUT2D eigenvalue weighted by Gasteiger charge is 2.43. The Balaban J connectivity index is 2.22. The van der Waals surface area contributed by atoms with Crippen LogP contribution in [0.3, 0.4) is 0 Å². The molecular weight excluding hydrogens is 306 g/mol. The van der Waals surface area contributed by atoms with Gasteiger partial charge in [0.15, 0.2) is 0 Å². The number of aryl methyl sites for hydroxylation is 1. The highest BCUT2D eigenvalue weighted by molar-refractivity contribution is 5.97. The maximum absolute atomic E-state index is 13.0. The summed E-state index contributed by atoms with van der Waals surface area (Å²) < 4.78 is 5.18.